The molecule has 1 saturated carbocycles. The van der Waals surface area contributed by atoms with Crippen molar-refractivity contribution >= 4 is 35.8 Å². The Labute approximate surface area is 145 Å². The van der Waals surface area contributed by atoms with Crippen LogP contribution in [0.4, 0.5) is 0 Å². The lowest BCUT2D eigenvalue weighted by molar-refractivity contribution is -0.132. The molecule has 2 aliphatic rings. The second kappa shape index (κ2) is 8.80. The van der Waals surface area contributed by atoms with E-state index in [0.717, 1.165) is 31.4 Å². The number of piperidine rings is 1. The molecule has 0 aromatic carbocycles. The van der Waals surface area contributed by atoms with Crippen LogP contribution in [0.5, 0.6) is 0 Å². The molecule has 1 saturated heterocycles. The summed E-state index contributed by atoms with van der Waals surface area (Å²) in [6.45, 7) is 5.84. The number of nitrogens with one attached hydrogen (secondary N) is 2. The van der Waals surface area contributed by atoms with Gasteiger partial charge in [0.25, 0.3) is 0 Å². The number of hydrogen-bond donors (Lipinski definition) is 2. The molecule has 5 nitrogen and oxygen atoms in total. The maximum Gasteiger partial charge on any atom is 0.222 e. The zero-order chi connectivity index (χ0) is 14.5. The third-order valence-corrected chi connectivity index (χ3v) is 4.19. The number of carbonyl (C=O) groups is 1. The van der Waals surface area contributed by atoms with Crippen LogP contribution in [0.2, 0.25) is 0 Å². The Kier molecular flexibility index (Phi) is 7.76. The molecule has 2 fully saturated rings. The molecule has 0 aromatic rings. The summed E-state index contributed by atoms with van der Waals surface area (Å²) in [7, 11) is 1.87. The minimum Gasteiger partial charge on any atom is -0.353 e. The Bertz CT molecular complexity index is 375. The first kappa shape index (κ1) is 18.5. The van der Waals surface area contributed by atoms with Crippen LogP contribution in [-0.2, 0) is 4.79 Å². The van der Waals surface area contributed by atoms with Gasteiger partial charge in [0.2, 0.25) is 5.91 Å². The highest BCUT2D eigenvalue weighted by molar-refractivity contribution is 14.0. The van der Waals surface area contributed by atoms with E-state index in [-0.39, 0.29) is 29.9 Å². The highest BCUT2D eigenvalue weighted by Crippen LogP contribution is 2.34. The van der Waals surface area contributed by atoms with Crippen LogP contribution < -0.4 is 10.6 Å². The van der Waals surface area contributed by atoms with E-state index in [9.17, 15) is 4.79 Å². The molecule has 0 spiro atoms. The van der Waals surface area contributed by atoms with Crippen LogP contribution in [0.3, 0.4) is 0 Å². The topological polar surface area (TPSA) is 56.7 Å². The highest BCUT2D eigenvalue weighted by Gasteiger charge is 2.37. The van der Waals surface area contributed by atoms with Gasteiger partial charge in [0.05, 0.1) is 0 Å². The molecular weight excluding hydrogens is 379 g/mol. The number of guanidine groups is 1. The molecule has 6 heteroatoms. The van der Waals surface area contributed by atoms with Gasteiger partial charge in [-0.2, -0.15) is 0 Å². The number of aliphatic imine (C=N–C) groups is 1. The van der Waals surface area contributed by atoms with E-state index < -0.39 is 0 Å². The summed E-state index contributed by atoms with van der Waals surface area (Å²) < 4.78 is 0. The standard InChI is InChI=1S/C15H28N4O.HI/c1-4-6-11-9-13(11)18-15(16-5-2)17-12-7-8-14(20)19(3)10-12;/h11-13H,4-10H2,1-3H3,(H2,16,17,18);1H. The van der Waals surface area contributed by atoms with Crippen molar-refractivity contribution in [3.8, 4) is 0 Å². The van der Waals surface area contributed by atoms with Crippen molar-refractivity contribution in [2.45, 2.75) is 58.0 Å². The van der Waals surface area contributed by atoms with Crippen LogP contribution in [0.15, 0.2) is 4.99 Å². The van der Waals surface area contributed by atoms with E-state index in [2.05, 4.69) is 29.5 Å². The summed E-state index contributed by atoms with van der Waals surface area (Å²) in [6, 6.07) is 0.912. The normalized spacial score (nSPS) is 28.9. The van der Waals surface area contributed by atoms with Crippen LogP contribution in [0.25, 0.3) is 0 Å². The quantitative estimate of drug-likeness (QED) is 0.416. The van der Waals surface area contributed by atoms with Crippen LogP contribution >= 0.6 is 24.0 Å². The van der Waals surface area contributed by atoms with Crippen LogP contribution in [0.1, 0.15) is 46.0 Å². The average molecular weight is 408 g/mol. The van der Waals surface area contributed by atoms with Gasteiger partial charge in [-0.25, -0.2) is 0 Å². The first-order chi connectivity index (χ1) is 9.63. The first-order valence-corrected chi connectivity index (χ1v) is 7.95. The van der Waals surface area contributed by atoms with Crippen molar-refractivity contribution in [1.82, 2.24) is 15.5 Å². The van der Waals surface area contributed by atoms with Crippen molar-refractivity contribution in [3.05, 3.63) is 0 Å². The number of halogens is 1. The lowest BCUT2D eigenvalue weighted by atomic mass is 10.1. The van der Waals surface area contributed by atoms with Gasteiger partial charge in [0.1, 0.15) is 0 Å². The van der Waals surface area contributed by atoms with E-state index in [1.165, 1.54) is 19.3 Å². The molecule has 1 amide bonds. The molecular formula is C15H29IN4O. The van der Waals surface area contributed by atoms with Gasteiger partial charge >= 0.3 is 0 Å². The largest absolute Gasteiger partial charge is 0.353 e. The van der Waals surface area contributed by atoms with Gasteiger partial charge in [-0.05, 0) is 32.1 Å². The van der Waals surface area contributed by atoms with Gasteiger partial charge < -0.3 is 15.5 Å². The summed E-state index contributed by atoms with van der Waals surface area (Å²) >= 11 is 0. The Hall–Kier alpha value is -0.530. The number of nitrogens with zero attached hydrogens (tertiary/aromatic N) is 2. The third-order valence-electron chi connectivity index (χ3n) is 4.19. The first-order valence-electron chi connectivity index (χ1n) is 7.95. The predicted molar refractivity (Wildman–Crippen MR) is 97.1 cm³/mol. The lowest BCUT2D eigenvalue weighted by Crippen LogP contribution is -2.52. The average Bonchev–Trinajstić information content (AvgIpc) is 3.13. The van der Waals surface area contributed by atoms with E-state index in [1.54, 1.807) is 0 Å². The fraction of sp³-hybridized carbons (Fsp3) is 0.867. The number of likely N-dealkylation sites (tertiary alicyclic amines) is 1. The summed E-state index contributed by atoms with van der Waals surface area (Å²) in [6.07, 6.45) is 5.36. The van der Waals surface area contributed by atoms with E-state index in [4.69, 9.17) is 0 Å². The molecule has 0 bridgehead atoms. The van der Waals surface area contributed by atoms with Gasteiger partial charge in [-0.3, -0.25) is 9.79 Å². The Morgan fingerprint density at radius 3 is 2.76 bits per heavy atom. The Morgan fingerprint density at radius 2 is 2.14 bits per heavy atom. The molecule has 0 radical (unpaired) electrons. The molecule has 1 aliphatic carbocycles. The second-order valence-corrected chi connectivity index (χ2v) is 6.01. The van der Waals surface area contributed by atoms with Crippen molar-refractivity contribution in [1.29, 1.82) is 0 Å². The number of amides is 1. The second-order valence-electron chi connectivity index (χ2n) is 6.01. The van der Waals surface area contributed by atoms with Crippen molar-refractivity contribution < 1.29 is 4.79 Å². The van der Waals surface area contributed by atoms with Crippen molar-refractivity contribution in [2.75, 3.05) is 20.1 Å². The molecule has 3 atom stereocenters. The zero-order valence-corrected chi connectivity index (χ0v) is 15.7. The third kappa shape index (κ3) is 5.64. The molecule has 2 rings (SSSR count). The van der Waals surface area contributed by atoms with E-state index >= 15 is 0 Å². The molecule has 21 heavy (non-hydrogen) atoms. The van der Waals surface area contributed by atoms with E-state index in [0.29, 0.717) is 18.5 Å². The Balaban J connectivity index is 0.00000220. The summed E-state index contributed by atoms with van der Waals surface area (Å²) in [5, 5.41) is 7.02. The highest BCUT2D eigenvalue weighted by atomic mass is 127. The minimum absolute atomic E-state index is 0. The maximum absolute atomic E-state index is 11.5. The molecule has 3 unspecified atom stereocenters. The van der Waals surface area contributed by atoms with Gasteiger partial charge in [0, 0.05) is 38.6 Å². The number of likely N-dealkylation sites (N-methyl/N-ethyl adjacent to an activating group) is 1. The molecule has 1 heterocycles. The smallest absolute Gasteiger partial charge is 0.222 e. The summed E-state index contributed by atoms with van der Waals surface area (Å²) in [4.78, 5) is 17.8. The Morgan fingerprint density at radius 1 is 1.38 bits per heavy atom. The van der Waals surface area contributed by atoms with Gasteiger partial charge in [0.15, 0.2) is 5.96 Å². The summed E-state index contributed by atoms with van der Waals surface area (Å²) in [5.74, 6) is 1.98. The number of rotatable bonds is 5. The lowest BCUT2D eigenvalue weighted by Gasteiger charge is -2.31. The molecule has 1 aliphatic heterocycles. The van der Waals surface area contributed by atoms with Crippen molar-refractivity contribution in [3.63, 3.8) is 0 Å². The molecule has 0 aromatic heterocycles. The monoisotopic (exact) mass is 408 g/mol. The SMILES string of the molecule is CCCC1CC1NC(=NCC)NC1CCC(=O)N(C)C1.I. The van der Waals surface area contributed by atoms with Crippen molar-refractivity contribution in [2.24, 2.45) is 10.9 Å². The molecule has 122 valence electrons. The minimum atomic E-state index is 0. The predicted octanol–water partition coefficient (Wildman–Crippen LogP) is 1.97. The van der Waals surface area contributed by atoms with Gasteiger partial charge in [-0.15, -0.1) is 24.0 Å². The fourth-order valence-corrected chi connectivity index (χ4v) is 2.90. The van der Waals surface area contributed by atoms with Gasteiger partial charge in [-0.1, -0.05) is 13.3 Å². The number of carbonyl (C=O) groups excluding carboxylic acids is 1. The number of hydrogen-bond acceptors (Lipinski definition) is 2. The maximum atomic E-state index is 11.5. The van der Waals surface area contributed by atoms with E-state index in [1.807, 2.05) is 11.9 Å². The summed E-state index contributed by atoms with van der Waals surface area (Å²) in [5.41, 5.74) is 0. The van der Waals surface area contributed by atoms with Crippen LogP contribution in [0, 0.1) is 5.92 Å². The van der Waals surface area contributed by atoms with Crippen LogP contribution in [-0.4, -0.2) is 49.0 Å². The zero-order valence-electron chi connectivity index (χ0n) is 13.4. The fourth-order valence-electron chi connectivity index (χ4n) is 2.90. The molecule has 2 N–H and O–H groups in total.